The van der Waals surface area contributed by atoms with E-state index in [2.05, 4.69) is 32.9 Å². The summed E-state index contributed by atoms with van der Waals surface area (Å²) in [7, 11) is 0. The number of anilines is 1. The summed E-state index contributed by atoms with van der Waals surface area (Å²) in [6.45, 7) is 8.41. The monoisotopic (exact) mass is 326 g/mol. The molecule has 2 heterocycles. The van der Waals surface area contributed by atoms with E-state index >= 15 is 0 Å². The molecule has 0 N–H and O–H groups in total. The molecule has 1 aliphatic carbocycles. The highest BCUT2D eigenvalue weighted by Gasteiger charge is 2.56. The van der Waals surface area contributed by atoms with Gasteiger partial charge in [0.1, 0.15) is 0 Å². The number of hydrogen-bond donors (Lipinski definition) is 0. The van der Waals surface area contributed by atoms with Crippen LogP contribution < -0.4 is 4.90 Å². The van der Waals surface area contributed by atoms with Crippen LogP contribution in [0.5, 0.6) is 0 Å². The molecule has 24 heavy (non-hydrogen) atoms. The van der Waals surface area contributed by atoms with Gasteiger partial charge in [-0.1, -0.05) is 39.0 Å². The van der Waals surface area contributed by atoms with E-state index in [1.54, 1.807) is 0 Å². The lowest BCUT2D eigenvalue weighted by Crippen LogP contribution is -2.44. The Kier molecular flexibility index (Phi) is 3.48. The molecular formula is C20H26N2O2. The van der Waals surface area contributed by atoms with Crippen LogP contribution in [0, 0.1) is 17.8 Å². The Morgan fingerprint density at radius 3 is 2.71 bits per heavy atom. The summed E-state index contributed by atoms with van der Waals surface area (Å²) in [5.41, 5.74) is 1.65. The first-order chi connectivity index (χ1) is 11.4. The molecule has 3 aliphatic rings. The van der Waals surface area contributed by atoms with Gasteiger partial charge in [-0.15, -0.1) is 0 Å². The van der Waals surface area contributed by atoms with Gasteiger partial charge in [-0.3, -0.25) is 9.59 Å². The molecule has 4 nitrogen and oxygen atoms in total. The number of carbonyl (C=O) groups excluding carboxylic acids is 2. The van der Waals surface area contributed by atoms with Gasteiger partial charge in [0.25, 0.3) is 0 Å². The van der Waals surface area contributed by atoms with Crippen molar-refractivity contribution in [2.24, 2.45) is 17.8 Å². The first-order valence-corrected chi connectivity index (χ1v) is 9.14. The molecule has 2 amide bonds. The van der Waals surface area contributed by atoms with Crippen LogP contribution in [0.15, 0.2) is 24.3 Å². The first-order valence-electron chi connectivity index (χ1n) is 9.14. The van der Waals surface area contributed by atoms with Crippen LogP contribution in [-0.4, -0.2) is 36.3 Å². The van der Waals surface area contributed by atoms with Gasteiger partial charge < -0.3 is 9.80 Å². The highest BCUT2D eigenvalue weighted by Crippen LogP contribution is 2.49. The van der Waals surface area contributed by atoms with Gasteiger partial charge in [-0.2, -0.15) is 0 Å². The average Bonchev–Trinajstić information content (AvgIpc) is 3.05. The highest BCUT2D eigenvalue weighted by molar-refractivity contribution is 6.09. The molecule has 1 aromatic rings. The number of para-hydroxylation sites is 1. The van der Waals surface area contributed by atoms with Gasteiger partial charge >= 0.3 is 0 Å². The maximum atomic E-state index is 13.3. The fourth-order valence-electron chi connectivity index (χ4n) is 4.44. The van der Waals surface area contributed by atoms with Crippen molar-refractivity contribution >= 4 is 17.5 Å². The van der Waals surface area contributed by atoms with Crippen LogP contribution in [0.4, 0.5) is 5.69 Å². The summed E-state index contributed by atoms with van der Waals surface area (Å²) in [6.07, 6.45) is 1.76. The summed E-state index contributed by atoms with van der Waals surface area (Å²) in [4.78, 5) is 29.9. The third-order valence-electron chi connectivity index (χ3n) is 5.92. The van der Waals surface area contributed by atoms with Gasteiger partial charge in [0, 0.05) is 31.2 Å². The minimum Gasteiger partial charge on any atom is -0.341 e. The van der Waals surface area contributed by atoms with Gasteiger partial charge in [0.05, 0.1) is 5.41 Å². The van der Waals surface area contributed by atoms with Crippen LogP contribution >= 0.6 is 0 Å². The summed E-state index contributed by atoms with van der Waals surface area (Å²) < 4.78 is 0. The molecule has 4 heteroatoms. The molecule has 0 bridgehead atoms. The fraction of sp³-hybridized carbons (Fsp3) is 0.600. The Labute approximate surface area is 143 Å². The Hall–Kier alpha value is -1.84. The Morgan fingerprint density at radius 2 is 2.04 bits per heavy atom. The predicted molar refractivity (Wildman–Crippen MR) is 93.8 cm³/mol. The van der Waals surface area contributed by atoms with Crippen LogP contribution in [-0.2, 0) is 15.0 Å². The number of nitrogens with zero attached hydrogens (tertiary/aromatic N) is 2. The van der Waals surface area contributed by atoms with Crippen molar-refractivity contribution < 1.29 is 9.59 Å². The molecular weight excluding hydrogens is 300 g/mol. The quantitative estimate of drug-likeness (QED) is 0.857. The minimum atomic E-state index is -0.515. The molecule has 1 saturated carbocycles. The molecule has 1 aromatic carbocycles. The second-order valence-electron chi connectivity index (χ2n) is 8.24. The summed E-state index contributed by atoms with van der Waals surface area (Å²) in [6, 6.07) is 8.15. The predicted octanol–water partition coefficient (Wildman–Crippen LogP) is 2.82. The normalized spacial score (nSPS) is 31.2. The lowest BCUT2D eigenvalue weighted by molar-refractivity contribution is -0.132. The first kappa shape index (κ1) is 15.7. The second-order valence-corrected chi connectivity index (χ2v) is 8.24. The van der Waals surface area contributed by atoms with Gasteiger partial charge in [-0.25, -0.2) is 0 Å². The van der Waals surface area contributed by atoms with E-state index < -0.39 is 5.41 Å². The molecule has 128 valence electrons. The van der Waals surface area contributed by atoms with Crippen molar-refractivity contribution in [2.45, 2.75) is 39.0 Å². The van der Waals surface area contributed by atoms with Crippen molar-refractivity contribution in [3.8, 4) is 0 Å². The van der Waals surface area contributed by atoms with Crippen molar-refractivity contribution in [1.82, 2.24) is 4.90 Å². The van der Waals surface area contributed by atoms with E-state index in [-0.39, 0.29) is 17.7 Å². The van der Waals surface area contributed by atoms with E-state index in [1.807, 2.05) is 21.9 Å². The highest BCUT2D eigenvalue weighted by atomic mass is 16.2. The van der Waals surface area contributed by atoms with E-state index in [9.17, 15) is 9.59 Å². The summed E-state index contributed by atoms with van der Waals surface area (Å²) in [5, 5.41) is 0. The topological polar surface area (TPSA) is 40.6 Å². The molecule has 3 atom stereocenters. The van der Waals surface area contributed by atoms with Crippen molar-refractivity contribution in [1.29, 1.82) is 0 Å². The van der Waals surface area contributed by atoms with Crippen LogP contribution in [0.1, 0.15) is 39.2 Å². The number of fused-ring (bicyclic) bond motifs is 2. The Morgan fingerprint density at radius 1 is 1.33 bits per heavy atom. The van der Waals surface area contributed by atoms with Crippen molar-refractivity contribution in [3.05, 3.63) is 29.8 Å². The molecule has 1 saturated heterocycles. The Balaban J connectivity index is 1.65. The van der Waals surface area contributed by atoms with Crippen LogP contribution in [0.25, 0.3) is 0 Å². The molecule has 2 fully saturated rings. The Bertz CT molecular complexity index is 699. The molecule has 2 aliphatic heterocycles. The van der Waals surface area contributed by atoms with Gasteiger partial charge in [0.15, 0.2) is 0 Å². The van der Waals surface area contributed by atoms with E-state index in [0.29, 0.717) is 24.9 Å². The number of rotatable bonds is 3. The third kappa shape index (κ3) is 2.19. The number of amides is 2. The molecule has 0 unspecified atom stereocenters. The lowest BCUT2D eigenvalue weighted by Gasteiger charge is -2.25. The zero-order valence-electron chi connectivity index (χ0n) is 14.8. The summed E-state index contributed by atoms with van der Waals surface area (Å²) in [5.74, 6) is 1.57. The maximum Gasteiger partial charge on any atom is 0.239 e. The minimum absolute atomic E-state index is 0.191. The van der Waals surface area contributed by atoms with Crippen molar-refractivity contribution in [2.75, 3.05) is 24.5 Å². The number of hydrogen-bond acceptors (Lipinski definition) is 2. The smallest absolute Gasteiger partial charge is 0.239 e. The van der Waals surface area contributed by atoms with Crippen LogP contribution in [0.3, 0.4) is 0 Å². The number of benzene rings is 1. The zero-order chi connectivity index (χ0) is 17.1. The number of likely N-dealkylation sites (tertiary alicyclic amines) is 1. The lowest BCUT2D eigenvalue weighted by atomic mass is 9.81. The molecule has 4 rings (SSSR count). The van der Waals surface area contributed by atoms with E-state index in [0.717, 1.165) is 30.6 Å². The second kappa shape index (κ2) is 5.33. The SMILES string of the molecule is CC(C)CN1C(=O)[C@]2(CCN(C(=O)[C@H]3C[C@@H]3C)C2)c2ccccc21. The van der Waals surface area contributed by atoms with Crippen molar-refractivity contribution in [3.63, 3.8) is 0 Å². The van der Waals surface area contributed by atoms with Gasteiger partial charge in [-0.05, 0) is 36.3 Å². The molecule has 1 spiro atoms. The van der Waals surface area contributed by atoms with Gasteiger partial charge in [0.2, 0.25) is 11.8 Å². The fourth-order valence-corrected chi connectivity index (χ4v) is 4.44. The molecule has 0 radical (unpaired) electrons. The third-order valence-corrected chi connectivity index (χ3v) is 5.92. The maximum absolute atomic E-state index is 13.3. The number of carbonyl (C=O) groups is 2. The largest absolute Gasteiger partial charge is 0.341 e. The van der Waals surface area contributed by atoms with Crippen LogP contribution in [0.2, 0.25) is 0 Å². The van der Waals surface area contributed by atoms with E-state index in [1.165, 1.54) is 0 Å². The average molecular weight is 326 g/mol. The zero-order valence-corrected chi connectivity index (χ0v) is 14.8. The molecule has 0 aromatic heterocycles. The summed E-state index contributed by atoms with van der Waals surface area (Å²) >= 11 is 0. The standard InChI is InChI=1S/C20H26N2O2/c1-13(2)11-22-17-7-5-4-6-16(17)20(19(22)24)8-9-21(12-20)18(23)15-10-14(15)3/h4-7,13-15H,8-12H2,1-3H3/t14-,15-,20-/m0/s1. The van der Waals surface area contributed by atoms with E-state index in [4.69, 9.17) is 0 Å².